The SMILES string of the molecule is Cc1cnccc1-c1cccc(C[C@H](CC(=O)C2CCC(CN)CC2)C(=O)Nc2ccc(-c3nn[nH]n3)cc2)c1. The Morgan fingerprint density at radius 1 is 1.05 bits per heavy atom. The first-order valence-electron chi connectivity index (χ1n) is 13.9. The predicted octanol–water partition coefficient (Wildman–Crippen LogP) is 4.76. The van der Waals surface area contributed by atoms with Crippen LogP contribution in [0, 0.1) is 24.7 Å². The zero-order valence-electron chi connectivity index (χ0n) is 22.7. The molecule has 0 unspecified atom stereocenters. The van der Waals surface area contributed by atoms with E-state index in [1.54, 1.807) is 6.20 Å². The van der Waals surface area contributed by atoms with Gasteiger partial charge < -0.3 is 11.1 Å². The van der Waals surface area contributed by atoms with Gasteiger partial charge in [-0.2, -0.15) is 5.21 Å². The molecule has 4 aromatic rings. The van der Waals surface area contributed by atoms with Gasteiger partial charge in [-0.25, -0.2) is 0 Å². The zero-order valence-corrected chi connectivity index (χ0v) is 22.7. The van der Waals surface area contributed by atoms with Crippen molar-refractivity contribution >= 4 is 17.4 Å². The van der Waals surface area contributed by atoms with E-state index in [2.05, 4.69) is 43.1 Å². The number of nitrogens with zero attached hydrogens (tertiary/aromatic N) is 4. The smallest absolute Gasteiger partial charge is 0.228 e. The number of amides is 1. The second kappa shape index (κ2) is 12.7. The van der Waals surface area contributed by atoms with E-state index in [9.17, 15) is 9.59 Å². The fraction of sp³-hybridized carbons (Fsp3) is 0.355. The van der Waals surface area contributed by atoms with E-state index in [-0.39, 0.29) is 24.0 Å². The van der Waals surface area contributed by atoms with Crippen molar-refractivity contribution in [2.75, 3.05) is 11.9 Å². The Balaban J connectivity index is 1.34. The van der Waals surface area contributed by atoms with Crippen molar-refractivity contribution in [3.63, 3.8) is 0 Å². The maximum absolute atomic E-state index is 13.6. The molecule has 1 atom stereocenters. The highest BCUT2D eigenvalue weighted by atomic mass is 16.2. The highest BCUT2D eigenvalue weighted by molar-refractivity contribution is 5.96. The summed E-state index contributed by atoms with van der Waals surface area (Å²) in [6, 6.07) is 17.5. The lowest BCUT2D eigenvalue weighted by Gasteiger charge is -2.27. The lowest BCUT2D eigenvalue weighted by molar-refractivity contribution is -0.129. The number of anilines is 1. The standard InChI is InChI=1S/C31H35N7O2/c1-20-19-33-14-13-28(20)25-4-2-3-22(15-25)16-26(17-29(39)23-7-5-21(18-32)6-8-23)31(40)34-27-11-9-24(10-12-27)30-35-37-38-36-30/h2-4,9-15,19,21,23,26H,5-8,16-18,32H2,1H3,(H,34,40)(H,35,36,37,38)/t21?,23?,26-/m1/s1. The van der Waals surface area contributed by atoms with E-state index in [4.69, 9.17) is 5.73 Å². The van der Waals surface area contributed by atoms with Crippen LogP contribution >= 0.6 is 0 Å². The van der Waals surface area contributed by atoms with Gasteiger partial charge in [0.25, 0.3) is 0 Å². The number of nitrogens with one attached hydrogen (secondary N) is 2. The third-order valence-corrected chi connectivity index (χ3v) is 7.95. The van der Waals surface area contributed by atoms with Crippen molar-refractivity contribution in [3.05, 3.63) is 78.1 Å². The minimum absolute atomic E-state index is 0.00172. The van der Waals surface area contributed by atoms with Gasteiger partial charge in [-0.05, 0) is 109 Å². The lowest BCUT2D eigenvalue weighted by atomic mass is 9.77. The van der Waals surface area contributed by atoms with E-state index in [1.807, 2.05) is 55.6 Å². The molecular formula is C31H35N7O2. The molecule has 0 aliphatic heterocycles. The first kappa shape index (κ1) is 27.3. The van der Waals surface area contributed by atoms with Gasteiger partial charge in [-0.1, -0.05) is 24.3 Å². The zero-order chi connectivity index (χ0) is 27.9. The third-order valence-electron chi connectivity index (χ3n) is 7.95. The highest BCUT2D eigenvalue weighted by Gasteiger charge is 2.30. The minimum Gasteiger partial charge on any atom is -0.330 e. The molecule has 206 valence electrons. The number of nitrogens with two attached hydrogens (primary N) is 1. The number of hydrogen-bond acceptors (Lipinski definition) is 7. The van der Waals surface area contributed by atoms with Gasteiger partial charge in [0.1, 0.15) is 5.78 Å². The molecule has 1 saturated carbocycles. The Kier molecular flexibility index (Phi) is 8.71. The van der Waals surface area contributed by atoms with Gasteiger partial charge >= 0.3 is 0 Å². The number of carbonyl (C=O) groups is 2. The van der Waals surface area contributed by atoms with E-state index in [0.29, 0.717) is 30.4 Å². The van der Waals surface area contributed by atoms with E-state index in [0.717, 1.165) is 53.5 Å². The number of aryl methyl sites for hydroxylation is 1. The number of ketones is 1. The molecule has 4 N–H and O–H groups in total. The van der Waals surface area contributed by atoms with Crippen molar-refractivity contribution < 1.29 is 9.59 Å². The average molecular weight is 538 g/mol. The van der Waals surface area contributed by atoms with Gasteiger partial charge in [-0.15, -0.1) is 10.2 Å². The van der Waals surface area contributed by atoms with E-state index < -0.39 is 5.92 Å². The molecule has 0 radical (unpaired) electrons. The summed E-state index contributed by atoms with van der Waals surface area (Å²) >= 11 is 0. The maximum Gasteiger partial charge on any atom is 0.228 e. The number of aromatic nitrogens is 5. The quantitative estimate of drug-likeness (QED) is 0.265. The second-order valence-electron chi connectivity index (χ2n) is 10.7. The molecule has 9 nitrogen and oxygen atoms in total. The summed E-state index contributed by atoms with van der Waals surface area (Å²) in [6.07, 6.45) is 7.96. The number of hydrogen-bond donors (Lipinski definition) is 3. The highest BCUT2D eigenvalue weighted by Crippen LogP contribution is 2.31. The largest absolute Gasteiger partial charge is 0.330 e. The number of benzene rings is 2. The van der Waals surface area contributed by atoms with E-state index >= 15 is 0 Å². The van der Waals surface area contributed by atoms with Crippen LogP contribution in [0.25, 0.3) is 22.5 Å². The van der Waals surface area contributed by atoms with Crippen molar-refractivity contribution in [3.8, 4) is 22.5 Å². The van der Waals surface area contributed by atoms with Crippen molar-refractivity contribution in [2.45, 2.75) is 45.4 Å². The molecule has 1 amide bonds. The van der Waals surface area contributed by atoms with Crippen LogP contribution in [-0.2, 0) is 16.0 Å². The second-order valence-corrected chi connectivity index (χ2v) is 10.7. The Hall–Kier alpha value is -4.24. The molecular weight excluding hydrogens is 502 g/mol. The van der Waals surface area contributed by atoms with Crippen LogP contribution in [0.15, 0.2) is 67.0 Å². The Labute approximate surface area is 234 Å². The molecule has 9 heteroatoms. The number of rotatable bonds is 10. The number of carbonyl (C=O) groups excluding carboxylic acids is 2. The molecule has 0 spiro atoms. The number of tetrazole rings is 1. The minimum atomic E-state index is -0.495. The summed E-state index contributed by atoms with van der Waals surface area (Å²) in [5.74, 6) is 0.488. The Bertz CT molecular complexity index is 1430. The molecule has 1 aliphatic carbocycles. The van der Waals surface area contributed by atoms with Crippen LogP contribution in [0.4, 0.5) is 5.69 Å². The molecule has 40 heavy (non-hydrogen) atoms. The number of aromatic amines is 1. The van der Waals surface area contributed by atoms with Gasteiger partial charge in [0.2, 0.25) is 11.7 Å². The average Bonchev–Trinajstić information content (AvgIpc) is 3.53. The van der Waals surface area contributed by atoms with Crippen molar-refractivity contribution in [1.82, 2.24) is 25.6 Å². The Morgan fingerprint density at radius 2 is 1.85 bits per heavy atom. The molecule has 0 saturated heterocycles. The van der Waals surface area contributed by atoms with Crippen LogP contribution in [0.2, 0.25) is 0 Å². The van der Waals surface area contributed by atoms with Gasteiger partial charge in [0.15, 0.2) is 0 Å². The molecule has 1 aliphatic rings. The van der Waals surface area contributed by atoms with Crippen molar-refractivity contribution in [2.24, 2.45) is 23.5 Å². The monoisotopic (exact) mass is 537 g/mol. The van der Waals surface area contributed by atoms with Crippen LogP contribution < -0.4 is 11.1 Å². The summed E-state index contributed by atoms with van der Waals surface area (Å²) in [4.78, 5) is 31.2. The third kappa shape index (κ3) is 6.66. The molecule has 0 bridgehead atoms. The van der Waals surface area contributed by atoms with Gasteiger partial charge in [0, 0.05) is 41.9 Å². The number of Topliss-reactive ketones (excluding diaryl/α,β-unsaturated/α-hetero) is 1. The first-order chi connectivity index (χ1) is 19.5. The number of H-pyrrole nitrogens is 1. The molecule has 2 aromatic heterocycles. The summed E-state index contributed by atoms with van der Waals surface area (Å²) < 4.78 is 0. The van der Waals surface area contributed by atoms with Gasteiger partial charge in [0.05, 0.1) is 0 Å². The molecule has 2 aromatic carbocycles. The van der Waals surface area contributed by atoms with Crippen LogP contribution in [0.5, 0.6) is 0 Å². The fourth-order valence-corrected chi connectivity index (χ4v) is 5.57. The molecule has 5 rings (SSSR count). The van der Waals surface area contributed by atoms with E-state index in [1.165, 1.54) is 0 Å². The lowest BCUT2D eigenvalue weighted by Crippen LogP contribution is -2.31. The van der Waals surface area contributed by atoms with Crippen LogP contribution in [-0.4, -0.2) is 43.8 Å². The summed E-state index contributed by atoms with van der Waals surface area (Å²) in [5.41, 5.74) is 11.6. The van der Waals surface area contributed by atoms with Crippen molar-refractivity contribution in [1.29, 1.82) is 0 Å². The van der Waals surface area contributed by atoms with Gasteiger partial charge in [-0.3, -0.25) is 14.6 Å². The normalized spacial score (nSPS) is 17.8. The maximum atomic E-state index is 13.6. The molecule has 2 heterocycles. The topological polar surface area (TPSA) is 140 Å². The Morgan fingerprint density at radius 3 is 2.55 bits per heavy atom. The van der Waals surface area contributed by atoms with Crippen LogP contribution in [0.3, 0.4) is 0 Å². The summed E-state index contributed by atoms with van der Waals surface area (Å²) in [5, 5.41) is 17.0. The number of pyridine rings is 1. The summed E-state index contributed by atoms with van der Waals surface area (Å²) in [6.45, 7) is 2.71. The molecule has 1 fully saturated rings. The first-order valence-corrected chi connectivity index (χ1v) is 13.9. The predicted molar refractivity (Wildman–Crippen MR) is 154 cm³/mol. The summed E-state index contributed by atoms with van der Waals surface area (Å²) in [7, 11) is 0. The fourth-order valence-electron chi connectivity index (χ4n) is 5.57. The van der Waals surface area contributed by atoms with Crippen LogP contribution in [0.1, 0.15) is 43.2 Å².